The van der Waals surface area contributed by atoms with Gasteiger partial charge >= 0.3 is 0 Å². The summed E-state index contributed by atoms with van der Waals surface area (Å²) in [4.78, 5) is 4.19. The minimum atomic E-state index is -3.66. The van der Waals surface area contributed by atoms with Gasteiger partial charge in [-0.15, -0.1) is 0 Å². The van der Waals surface area contributed by atoms with E-state index in [1.54, 1.807) is 36.5 Å². The van der Waals surface area contributed by atoms with E-state index in [9.17, 15) is 8.42 Å². The van der Waals surface area contributed by atoms with Crippen LogP contribution in [0.4, 0.5) is 0 Å². The highest BCUT2D eigenvalue weighted by atomic mass is 32.2. The molecule has 0 fully saturated rings. The molecule has 2 aromatic carbocycles. The molecule has 1 aromatic heterocycles. The molecule has 1 heterocycles. The monoisotopic (exact) mass is 342 g/mol. The van der Waals surface area contributed by atoms with Crippen LogP contribution in [0.25, 0.3) is 10.9 Å². The van der Waals surface area contributed by atoms with Gasteiger partial charge in [0, 0.05) is 17.1 Å². The number of para-hydroxylation sites is 1. The van der Waals surface area contributed by atoms with Crippen molar-refractivity contribution in [2.24, 2.45) is 4.99 Å². The Hall–Kier alpha value is -2.27. The Labute approximate surface area is 140 Å². The third-order valence-electron chi connectivity index (χ3n) is 3.65. The van der Waals surface area contributed by atoms with Crippen LogP contribution in [-0.4, -0.2) is 17.6 Å². The van der Waals surface area contributed by atoms with Crippen LogP contribution in [-0.2, 0) is 16.6 Å². The maximum atomic E-state index is 12.9. The van der Waals surface area contributed by atoms with Crippen molar-refractivity contribution in [2.45, 2.75) is 18.4 Å². The summed E-state index contributed by atoms with van der Waals surface area (Å²) in [5.74, 6) is 0. The fourth-order valence-corrected chi connectivity index (χ4v) is 3.94. The van der Waals surface area contributed by atoms with Crippen molar-refractivity contribution in [3.8, 4) is 0 Å². The molecule has 0 bridgehead atoms. The molecule has 0 aliphatic heterocycles. The molecule has 0 aliphatic rings. The van der Waals surface area contributed by atoms with Crippen molar-refractivity contribution in [2.75, 3.05) is 0 Å². The first-order valence-electron chi connectivity index (χ1n) is 6.99. The molecule has 0 N–H and O–H groups in total. The molecule has 3 aromatic rings. The largest absolute Gasteiger partial charge is 0.268 e. The van der Waals surface area contributed by atoms with Crippen LogP contribution in [0.5, 0.6) is 0 Å². The summed E-state index contributed by atoms with van der Waals surface area (Å²) in [6.07, 6.45) is 1.61. The van der Waals surface area contributed by atoms with Crippen LogP contribution >= 0.6 is 12.2 Å². The zero-order chi connectivity index (χ0) is 16.4. The molecule has 0 atom stereocenters. The molecule has 6 heteroatoms. The summed E-state index contributed by atoms with van der Waals surface area (Å²) in [6, 6.07) is 14.2. The lowest BCUT2D eigenvalue weighted by Crippen LogP contribution is -2.11. The van der Waals surface area contributed by atoms with Gasteiger partial charge in [-0.1, -0.05) is 35.9 Å². The first-order valence-corrected chi connectivity index (χ1v) is 8.84. The summed E-state index contributed by atoms with van der Waals surface area (Å²) < 4.78 is 27.2. The van der Waals surface area contributed by atoms with E-state index >= 15 is 0 Å². The average molecular weight is 342 g/mol. The number of fused-ring (bicyclic) bond motifs is 1. The van der Waals surface area contributed by atoms with E-state index < -0.39 is 10.0 Å². The number of aliphatic imine (C=N–C) groups is 1. The van der Waals surface area contributed by atoms with E-state index in [2.05, 4.69) is 22.4 Å². The van der Waals surface area contributed by atoms with Gasteiger partial charge in [-0.05, 0) is 37.3 Å². The lowest BCUT2D eigenvalue weighted by atomic mass is 10.2. The van der Waals surface area contributed by atoms with Crippen LogP contribution in [0, 0.1) is 6.92 Å². The second kappa shape index (κ2) is 6.08. The van der Waals surface area contributed by atoms with Gasteiger partial charge in [-0.3, -0.25) is 0 Å². The first-order chi connectivity index (χ1) is 11.0. The normalized spacial score (nSPS) is 11.3. The summed E-state index contributed by atoms with van der Waals surface area (Å²) in [5.41, 5.74) is 2.44. The lowest BCUT2D eigenvalue weighted by molar-refractivity contribution is 0.589. The number of thiocarbonyl (C=S) groups is 1. The minimum absolute atomic E-state index is 0.258. The van der Waals surface area contributed by atoms with Gasteiger partial charge in [0.1, 0.15) is 0 Å². The number of nitrogens with zero attached hydrogens (tertiary/aromatic N) is 2. The number of benzene rings is 2. The molecule has 23 heavy (non-hydrogen) atoms. The van der Waals surface area contributed by atoms with E-state index in [0.717, 1.165) is 16.5 Å². The quantitative estimate of drug-likeness (QED) is 0.535. The third kappa shape index (κ3) is 2.84. The highest BCUT2D eigenvalue weighted by Crippen LogP contribution is 2.26. The van der Waals surface area contributed by atoms with Gasteiger partial charge in [0.2, 0.25) is 0 Å². The van der Waals surface area contributed by atoms with Crippen LogP contribution in [0.1, 0.15) is 11.1 Å². The van der Waals surface area contributed by atoms with Gasteiger partial charge < -0.3 is 0 Å². The van der Waals surface area contributed by atoms with E-state index in [1.807, 2.05) is 25.1 Å². The Kier molecular flexibility index (Phi) is 4.13. The maximum Gasteiger partial charge on any atom is 0.268 e. The van der Waals surface area contributed by atoms with Crippen LogP contribution in [0.2, 0.25) is 0 Å². The topological polar surface area (TPSA) is 51.4 Å². The fourth-order valence-electron chi connectivity index (χ4n) is 2.48. The highest BCUT2D eigenvalue weighted by molar-refractivity contribution is 7.90. The number of hydrogen-bond donors (Lipinski definition) is 0. The second-order valence-corrected chi connectivity index (χ2v) is 7.19. The molecule has 0 saturated carbocycles. The van der Waals surface area contributed by atoms with Crippen molar-refractivity contribution in [1.82, 2.24) is 3.97 Å². The van der Waals surface area contributed by atoms with Gasteiger partial charge in [-0.25, -0.2) is 17.4 Å². The van der Waals surface area contributed by atoms with E-state index in [-0.39, 0.29) is 4.90 Å². The summed E-state index contributed by atoms with van der Waals surface area (Å²) >= 11 is 4.60. The molecule has 0 unspecified atom stereocenters. The van der Waals surface area contributed by atoms with E-state index in [0.29, 0.717) is 12.1 Å². The zero-order valence-electron chi connectivity index (χ0n) is 12.4. The predicted octanol–water partition coefficient (Wildman–Crippen LogP) is 3.79. The van der Waals surface area contributed by atoms with Crippen molar-refractivity contribution >= 4 is 38.3 Å². The standard InChI is InChI=1S/C17H14N2O2S2/c1-13-6-8-15(9-7-13)23(20,21)19-11-14(10-18-12-22)16-4-2-3-5-17(16)19/h2-9,11H,10H2,1H3. The van der Waals surface area contributed by atoms with Gasteiger partial charge in [0.05, 0.1) is 22.1 Å². The molecule has 0 aliphatic carbocycles. The third-order valence-corrected chi connectivity index (χ3v) is 5.47. The molecule has 4 nitrogen and oxygen atoms in total. The van der Waals surface area contributed by atoms with Crippen molar-refractivity contribution in [3.63, 3.8) is 0 Å². The van der Waals surface area contributed by atoms with Crippen LogP contribution < -0.4 is 0 Å². The number of rotatable bonds is 4. The maximum absolute atomic E-state index is 12.9. The Morgan fingerprint density at radius 3 is 2.52 bits per heavy atom. The Bertz CT molecular complexity index is 1010. The van der Waals surface area contributed by atoms with E-state index in [4.69, 9.17) is 0 Å². The molecular weight excluding hydrogens is 328 g/mol. The number of isothiocyanates is 1. The van der Waals surface area contributed by atoms with Gasteiger partial charge in [0.15, 0.2) is 0 Å². The Morgan fingerprint density at radius 2 is 1.83 bits per heavy atom. The predicted molar refractivity (Wildman–Crippen MR) is 94.4 cm³/mol. The van der Waals surface area contributed by atoms with Crippen LogP contribution in [0.3, 0.4) is 0 Å². The summed E-state index contributed by atoms with van der Waals surface area (Å²) in [5, 5.41) is 3.16. The van der Waals surface area contributed by atoms with Gasteiger partial charge in [-0.2, -0.15) is 0 Å². The Balaban J connectivity index is 2.23. The number of aromatic nitrogens is 1. The zero-order valence-corrected chi connectivity index (χ0v) is 14.1. The average Bonchev–Trinajstić information content (AvgIpc) is 2.93. The smallest absolute Gasteiger partial charge is 0.241 e. The molecule has 0 saturated heterocycles. The molecule has 3 rings (SSSR count). The molecule has 0 radical (unpaired) electrons. The minimum Gasteiger partial charge on any atom is -0.241 e. The lowest BCUT2D eigenvalue weighted by Gasteiger charge is -2.07. The molecular formula is C17H14N2O2S2. The number of aryl methyl sites for hydroxylation is 1. The van der Waals surface area contributed by atoms with Gasteiger partial charge in [0.25, 0.3) is 10.0 Å². The molecule has 0 amide bonds. The summed E-state index contributed by atoms with van der Waals surface area (Å²) in [7, 11) is -3.66. The molecule has 116 valence electrons. The SMILES string of the molecule is Cc1ccc(S(=O)(=O)n2cc(CN=C=S)c3ccccc32)cc1. The second-order valence-electron chi connectivity index (χ2n) is 5.19. The number of hydrogen-bond acceptors (Lipinski definition) is 4. The molecule has 0 spiro atoms. The van der Waals surface area contributed by atoms with Crippen molar-refractivity contribution < 1.29 is 8.42 Å². The summed E-state index contributed by atoms with van der Waals surface area (Å²) in [6.45, 7) is 2.23. The van der Waals surface area contributed by atoms with Crippen LogP contribution in [0.15, 0.2) is 64.6 Å². The Morgan fingerprint density at radius 1 is 1.13 bits per heavy atom. The van der Waals surface area contributed by atoms with Crippen molar-refractivity contribution in [3.05, 3.63) is 65.9 Å². The first kappa shape index (κ1) is 15.6. The van der Waals surface area contributed by atoms with Crippen molar-refractivity contribution in [1.29, 1.82) is 0 Å². The van der Waals surface area contributed by atoms with E-state index in [1.165, 1.54) is 3.97 Å². The highest BCUT2D eigenvalue weighted by Gasteiger charge is 2.20. The fraction of sp³-hybridized carbons (Fsp3) is 0.118.